The number of amides is 2. The van der Waals surface area contributed by atoms with Crippen molar-refractivity contribution in [1.82, 2.24) is 9.88 Å². The lowest BCUT2D eigenvalue weighted by Crippen LogP contribution is -2.38. The first-order chi connectivity index (χ1) is 22.6. The molecule has 0 aliphatic carbocycles. The molecule has 2 aliphatic heterocycles. The number of fused-ring (bicyclic) bond motifs is 4. The van der Waals surface area contributed by atoms with E-state index in [0.717, 1.165) is 29.7 Å². The van der Waals surface area contributed by atoms with Crippen LogP contribution in [-0.2, 0) is 14.3 Å². The Kier molecular flexibility index (Phi) is 10.7. The number of nitrogens with zero attached hydrogens (tertiary/aromatic N) is 3. The molecule has 0 saturated carbocycles. The summed E-state index contributed by atoms with van der Waals surface area (Å²) in [6.45, 7) is 8.12. The van der Waals surface area contributed by atoms with Crippen molar-refractivity contribution >= 4 is 46.3 Å². The monoisotopic (exact) mass is 661 g/mol. The van der Waals surface area contributed by atoms with Crippen molar-refractivity contribution in [3.05, 3.63) is 95.1 Å². The summed E-state index contributed by atoms with van der Waals surface area (Å²) < 4.78 is 35.2. The number of benzene rings is 2. The lowest BCUT2D eigenvalue weighted by molar-refractivity contribution is -0.129. The van der Waals surface area contributed by atoms with E-state index in [-0.39, 0.29) is 46.9 Å². The van der Waals surface area contributed by atoms with Gasteiger partial charge in [-0.15, -0.1) is 0 Å². The van der Waals surface area contributed by atoms with Crippen LogP contribution in [0.25, 0.3) is 16.7 Å². The van der Waals surface area contributed by atoms with Crippen molar-refractivity contribution in [2.75, 3.05) is 24.2 Å². The number of aliphatic imine (C=N–C) groups is 1. The predicted molar refractivity (Wildman–Crippen MR) is 182 cm³/mol. The molecule has 3 aromatic rings. The molecule has 5 rings (SSSR count). The molecule has 2 atom stereocenters. The average molecular weight is 662 g/mol. The van der Waals surface area contributed by atoms with Gasteiger partial charge in [0, 0.05) is 49.5 Å². The summed E-state index contributed by atoms with van der Waals surface area (Å²) in [6, 6.07) is 11.2. The van der Waals surface area contributed by atoms with Crippen LogP contribution in [0.2, 0.25) is 5.02 Å². The number of rotatable bonds is 7. The minimum absolute atomic E-state index is 0.125. The minimum Gasteiger partial charge on any atom is -0.428 e. The summed E-state index contributed by atoms with van der Waals surface area (Å²) in [5, 5.41) is 6.05. The zero-order valence-electron chi connectivity index (χ0n) is 26.7. The van der Waals surface area contributed by atoms with E-state index in [0.29, 0.717) is 54.5 Å². The second-order valence-electron chi connectivity index (χ2n) is 11.8. The number of nitrogens with one attached hydrogen (secondary N) is 2. The molecule has 0 spiro atoms. The second-order valence-corrected chi connectivity index (χ2v) is 12.2. The lowest BCUT2D eigenvalue weighted by Gasteiger charge is -2.34. The Bertz CT molecular complexity index is 1760. The Morgan fingerprint density at radius 3 is 2.74 bits per heavy atom. The normalized spacial score (nSPS) is 18.7. The highest BCUT2D eigenvalue weighted by Gasteiger charge is 2.31. The van der Waals surface area contributed by atoms with Crippen LogP contribution in [0, 0.1) is 17.6 Å². The van der Waals surface area contributed by atoms with Crippen LogP contribution in [-0.4, -0.2) is 41.2 Å². The molecule has 1 aromatic heterocycles. The van der Waals surface area contributed by atoms with Crippen LogP contribution in [0.15, 0.2) is 72.2 Å². The van der Waals surface area contributed by atoms with Crippen LogP contribution in [0.3, 0.4) is 0 Å². The van der Waals surface area contributed by atoms with E-state index in [2.05, 4.69) is 27.2 Å². The van der Waals surface area contributed by atoms with Crippen molar-refractivity contribution in [2.24, 2.45) is 10.9 Å². The molecule has 0 radical (unpaired) electrons. The number of aromatic nitrogens is 1. The van der Waals surface area contributed by atoms with Gasteiger partial charge >= 0.3 is 0 Å². The third-order valence-corrected chi connectivity index (χ3v) is 8.75. The molecule has 0 fully saturated rings. The van der Waals surface area contributed by atoms with Gasteiger partial charge in [-0.25, -0.2) is 8.78 Å². The fourth-order valence-electron chi connectivity index (χ4n) is 5.98. The van der Waals surface area contributed by atoms with Gasteiger partial charge in [-0.3, -0.25) is 19.6 Å². The number of hydrogen-bond acceptors (Lipinski definition) is 6. The Hall–Kier alpha value is -4.57. The zero-order chi connectivity index (χ0) is 33.7. The summed E-state index contributed by atoms with van der Waals surface area (Å²) >= 11 is 5.92. The SMILES string of the molecule is C=C(Nc1ccc2c(c1)NC(=O)C(C)CCCC(N1CCC(c3c(F)ccc(Cl)c3F)=CC1=O)c1cc-2ccn1)OC(CCC)=NC. The van der Waals surface area contributed by atoms with Crippen molar-refractivity contribution < 1.29 is 23.1 Å². The van der Waals surface area contributed by atoms with Crippen molar-refractivity contribution in [1.29, 1.82) is 0 Å². The third-order valence-electron chi connectivity index (χ3n) is 8.46. The minimum atomic E-state index is -0.878. The predicted octanol–water partition coefficient (Wildman–Crippen LogP) is 8.52. The topological polar surface area (TPSA) is 95.9 Å². The summed E-state index contributed by atoms with van der Waals surface area (Å²) in [7, 11) is 1.67. The zero-order valence-corrected chi connectivity index (χ0v) is 27.5. The van der Waals surface area contributed by atoms with Crippen LogP contribution >= 0.6 is 11.6 Å². The molecule has 47 heavy (non-hydrogen) atoms. The van der Waals surface area contributed by atoms with Gasteiger partial charge in [-0.1, -0.05) is 37.9 Å². The van der Waals surface area contributed by atoms with E-state index < -0.39 is 17.7 Å². The molecule has 2 unspecified atom stereocenters. The van der Waals surface area contributed by atoms with Crippen molar-refractivity contribution in [2.45, 2.75) is 58.4 Å². The van der Waals surface area contributed by atoms with E-state index in [1.165, 1.54) is 6.08 Å². The maximum atomic E-state index is 14.8. The lowest BCUT2D eigenvalue weighted by atomic mass is 9.92. The average Bonchev–Trinajstić information content (AvgIpc) is 3.05. The largest absolute Gasteiger partial charge is 0.428 e. The standard InChI is InChI=1S/C36H38ClF2N5O3/c1-5-7-32(40-4)47-22(3)42-25-10-11-26-23-14-16-41-30(18-23)31(9-6-8-21(2)36(46)43-29(26)20-25)44-17-15-24(19-33(44)45)34-28(38)13-12-27(37)35(34)39/h10-14,16,18-21,31,42H,3,5-9,15,17H2,1-2,4H3,(H,43,46). The number of halogens is 3. The molecule has 11 heteroatoms. The first kappa shape index (κ1) is 33.8. The van der Waals surface area contributed by atoms with E-state index in [9.17, 15) is 18.4 Å². The van der Waals surface area contributed by atoms with Crippen LogP contribution < -0.4 is 10.6 Å². The molecule has 2 aliphatic rings. The molecule has 2 aromatic carbocycles. The van der Waals surface area contributed by atoms with E-state index in [1.54, 1.807) is 18.1 Å². The Morgan fingerprint density at radius 1 is 1.19 bits per heavy atom. The van der Waals surface area contributed by atoms with Crippen molar-refractivity contribution in [3.8, 4) is 11.1 Å². The molecular weight excluding hydrogens is 624 g/mol. The Labute approximate surface area is 278 Å². The summed E-state index contributed by atoms with van der Waals surface area (Å²) in [6.07, 6.45) is 6.56. The van der Waals surface area contributed by atoms with E-state index >= 15 is 0 Å². The highest BCUT2D eigenvalue weighted by molar-refractivity contribution is 6.31. The van der Waals surface area contributed by atoms with Crippen molar-refractivity contribution in [3.63, 3.8) is 0 Å². The van der Waals surface area contributed by atoms with E-state index in [1.807, 2.05) is 44.2 Å². The summed E-state index contributed by atoms with van der Waals surface area (Å²) in [5.74, 6) is -1.56. The second kappa shape index (κ2) is 14.9. The third kappa shape index (κ3) is 7.71. The highest BCUT2D eigenvalue weighted by atomic mass is 35.5. The first-order valence-corrected chi connectivity index (χ1v) is 16.1. The Balaban J connectivity index is 1.47. The molecule has 2 bridgehead atoms. The number of ether oxygens (including phenoxy) is 1. The molecule has 3 heterocycles. The molecule has 2 N–H and O–H groups in total. The quantitative estimate of drug-likeness (QED) is 0.115. The highest BCUT2D eigenvalue weighted by Crippen LogP contribution is 2.38. The molecule has 0 saturated heterocycles. The number of carbonyl (C=O) groups excluding carboxylic acids is 2. The van der Waals surface area contributed by atoms with Gasteiger partial charge in [0.15, 0.2) is 17.6 Å². The van der Waals surface area contributed by atoms with Gasteiger partial charge in [-0.05, 0) is 79.8 Å². The number of carbonyl (C=O) groups is 2. The maximum absolute atomic E-state index is 14.8. The van der Waals surface area contributed by atoms with Gasteiger partial charge in [0.1, 0.15) is 5.82 Å². The molecule has 246 valence electrons. The summed E-state index contributed by atoms with van der Waals surface area (Å²) in [5.41, 5.74) is 3.51. The smallest absolute Gasteiger partial charge is 0.247 e. The van der Waals surface area contributed by atoms with Gasteiger partial charge in [-0.2, -0.15) is 0 Å². The summed E-state index contributed by atoms with van der Waals surface area (Å²) in [4.78, 5) is 37.4. The number of pyridine rings is 1. The molecular formula is C36H38ClF2N5O3. The molecule has 8 nitrogen and oxygen atoms in total. The van der Waals surface area contributed by atoms with Crippen LogP contribution in [0.4, 0.5) is 20.2 Å². The Morgan fingerprint density at radius 2 is 2.00 bits per heavy atom. The van der Waals surface area contributed by atoms with Gasteiger partial charge in [0.25, 0.3) is 0 Å². The van der Waals surface area contributed by atoms with Gasteiger partial charge in [0.05, 0.1) is 28.0 Å². The van der Waals surface area contributed by atoms with Gasteiger partial charge in [0.2, 0.25) is 11.8 Å². The van der Waals surface area contributed by atoms with Gasteiger partial charge < -0.3 is 20.3 Å². The number of anilines is 2. The van der Waals surface area contributed by atoms with E-state index in [4.69, 9.17) is 16.3 Å². The molecule has 2 amide bonds. The fourth-order valence-corrected chi connectivity index (χ4v) is 6.13. The number of hydrogen-bond donors (Lipinski definition) is 2. The van der Waals surface area contributed by atoms with Crippen LogP contribution in [0.1, 0.15) is 69.7 Å². The first-order valence-electron chi connectivity index (χ1n) is 15.7. The maximum Gasteiger partial charge on any atom is 0.247 e. The fraction of sp³-hybridized carbons (Fsp3) is 0.333. The van der Waals surface area contributed by atoms with Crippen LogP contribution in [0.5, 0.6) is 0 Å².